The largest absolute Gasteiger partial charge is 0.497 e. The van der Waals surface area contributed by atoms with Gasteiger partial charge in [-0.2, -0.15) is 0 Å². The summed E-state index contributed by atoms with van der Waals surface area (Å²) in [6.07, 6.45) is 4.65. The molecule has 27 heavy (non-hydrogen) atoms. The number of amides is 1. The topological polar surface area (TPSA) is 78.3 Å². The number of methoxy groups -OCH3 is 1. The zero-order chi connectivity index (χ0) is 18.9. The summed E-state index contributed by atoms with van der Waals surface area (Å²) in [4.78, 5) is 13.2. The Bertz CT molecular complexity index is 811. The fraction of sp³-hybridized carbons (Fsp3) is 0.550. The standard InChI is InChI=1S/C20H26N4O3/c1-20(19(25)21-11-14-7-9-16(26-2)10-8-14)13-27-12-17-22-23-18(24(17)20)15-5-3-4-6-15/h7-10,15H,3-6,11-13H2,1-2H3,(H,21,25). The molecule has 2 aliphatic rings. The summed E-state index contributed by atoms with van der Waals surface area (Å²) in [6.45, 7) is 3.10. The molecule has 7 nitrogen and oxygen atoms in total. The molecule has 1 unspecified atom stereocenters. The summed E-state index contributed by atoms with van der Waals surface area (Å²) in [5.41, 5.74) is 0.186. The second kappa shape index (κ2) is 7.31. The Morgan fingerprint density at radius 1 is 1.30 bits per heavy atom. The van der Waals surface area contributed by atoms with E-state index < -0.39 is 5.54 Å². The SMILES string of the molecule is COc1ccc(CNC(=O)C2(C)COCc3nnc(C4CCCC4)n32)cc1. The van der Waals surface area contributed by atoms with Crippen LogP contribution in [-0.2, 0) is 28.2 Å². The lowest BCUT2D eigenvalue weighted by Crippen LogP contribution is -2.53. The molecule has 1 aromatic heterocycles. The predicted molar refractivity (Wildman–Crippen MR) is 99.4 cm³/mol. The van der Waals surface area contributed by atoms with Gasteiger partial charge in [0.05, 0.1) is 13.7 Å². The quantitative estimate of drug-likeness (QED) is 0.875. The van der Waals surface area contributed by atoms with Crippen LogP contribution in [0, 0.1) is 0 Å². The fourth-order valence-electron chi connectivity index (χ4n) is 4.10. The van der Waals surface area contributed by atoms with Gasteiger partial charge in [0.25, 0.3) is 0 Å². The van der Waals surface area contributed by atoms with Crippen LogP contribution in [0.4, 0.5) is 0 Å². The van der Waals surface area contributed by atoms with Crippen molar-refractivity contribution < 1.29 is 14.3 Å². The smallest absolute Gasteiger partial charge is 0.248 e. The first-order valence-corrected chi connectivity index (χ1v) is 9.55. The van der Waals surface area contributed by atoms with Gasteiger partial charge in [0.2, 0.25) is 5.91 Å². The van der Waals surface area contributed by atoms with Crippen LogP contribution in [0.1, 0.15) is 55.7 Å². The molecule has 1 saturated carbocycles. The first-order chi connectivity index (χ1) is 13.1. The van der Waals surface area contributed by atoms with Crippen LogP contribution in [0.5, 0.6) is 5.75 Å². The third kappa shape index (κ3) is 3.32. The highest BCUT2D eigenvalue weighted by Gasteiger charge is 2.43. The first-order valence-electron chi connectivity index (χ1n) is 9.55. The monoisotopic (exact) mass is 370 g/mol. The van der Waals surface area contributed by atoms with Gasteiger partial charge in [0, 0.05) is 12.5 Å². The molecule has 7 heteroatoms. The maximum absolute atomic E-state index is 13.2. The van der Waals surface area contributed by atoms with Crippen molar-refractivity contribution in [3.05, 3.63) is 41.5 Å². The third-order valence-electron chi connectivity index (χ3n) is 5.68. The summed E-state index contributed by atoms with van der Waals surface area (Å²) >= 11 is 0. The zero-order valence-electron chi connectivity index (χ0n) is 15.9. The molecule has 1 aliphatic carbocycles. The minimum atomic E-state index is -0.832. The number of hydrogen-bond acceptors (Lipinski definition) is 5. The molecule has 0 saturated heterocycles. The van der Waals surface area contributed by atoms with Crippen molar-refractivity contribution in [2.24, 2.45) is 0 Å². The van der Waals surface area contributed by atoms with Crippen molar-refractivity contribution in [3.63, 3.8) is 0 Å². The summed E-state index contributed by atoms with van der Waals surface area (Å²) in [7, 11) is 1.64. The molecule has 144 valence electrons. The Labute approximate surface area is 159 Å². The number of fused-ring (bicyclic) bond motifs is 1. The van der Waals surface area contributed by atoms with Crippen LogP contribution in [0.2, 0.25) is 0 Å². The summed E-state index contributed by atoms with van der Waals surface area (Å²) in [6, 6.07) is 7.69. The maximum atomic E-state index is 13.2. The van der Waals surface area contributed by atoms with Gasteiger partial charge >= 0.3 is 0 Å². The van der Waals surface area contributed by atoms with Crippen molar-refractivity contribution in [1.29, 1.82) is 0 Å². The van der Waals surface area contributed by atoms with Gasteiger partial charge in [-0.15, -0.1) is 10.2 Å². The number of rotatable bonds is 5. The average Bonchev–Trinajstić information content (AvgIpc) is 3.36. The average molecular weight is 370 g/mol. The van der Waals surface area contributed by atoms with Gasteiger partial charge in [-0.05, 0) is 37.5 Å². The van der Waals surface area contributed by atoms with Gasteiger partial charge in [-0.3, -0.25) is 9.36 Å². The number of benzene rings is 1. The van der Waals surface area contributed by atoms with Crippen molar-refractivity contribution in [3.8, 4) is 5.75 Å². The van der Waals surface area contributed by atoms with Gasteiger partial charge in [-0.1, -0.05) is 25.0 Å². The molecule has 1 aromatic carbocycles. The van der Waals surface area contributed by atoms with E-state index in [0.29, 0.717) is 25.7 Å². The molecule has 0 bridgehead atoms. The van der Waals surface area contributed by atoms with E-state index >= 15 is 0 Å². The fourth-order valence-corrected chi connectivity index (χ4v) is 4.10. The Morgan fingerprint density at radius 2 is 2.04 bits per heavy atom. The van der Waals surface area contributed by atoms with Gasteiger partial charge in [0.1, 0.15) is 23.7 Å². The molecule has 4 rings (SSSR count). The highest BCUT2D eigenvalue weighted by atomic mass is 16.5. The van der Waals surface area contributed by atoms with Crippen LogP contribution in [-0.4, -0.2) is 34.4 Å². The van der Waals surface area contributed by atoms with Crippen molar-refractivity contribution in [2.45, 2.75) is 57.2 Å². The van der Waals surface area contributed by atoms with Crippen LogP contribution >= 0.6 is 0 Å². The van der Waals surface area contributed by atoms with Crippen molar-refractivity contribution >= 4 is 5.91 Å². The van der Waals surface area contributed by atoms with Crippen molar-refractivity contribution in [1.82, 2.24) is 20.1 Å². The number of ether oxygens (including phenoxy) is 2. The van der Waals surface area contributed by atoms with E-state index in [4.69, 9.17) is 9.47 Å². The number of carbonyl (C=O) groups excluding carboxylic acids is 1. The summed E-state index contributed by atoms with van der Waals surface area (Å²) in [5, 5.41) is 11.8. The minimum Gasteiger partial charge on any atom is -0.497 e. The highest BCUT2D eigenvalue weighted by Crippen LogP contribution is 2.37. The second-order valence-corrected chi connectivity index (χ2v) is 7.59. The van der Waals surface area contributed by atoms with E-state index in [1.165, 1.54) is 12.8 Å². The zero-order valence-corrected chi connectivity index (χ0v) is 15.9. The molecular formula is C20H26N4O3. The van der Waals surface area contributed by atoms with Crippen LogP contribution < -0.4 is 10.1 Å². The minimum absolute atomic E-state index is 0.0710. The molecule has 1 aliphatic heterocycles. The lowest BCUT2D eigenvalue weighted by Gasteiger charge is -2.36. The van der Waals surface area contributed by atoms with E-state index in [2.05, 4.69) is 15.5 Å². The van der Waals surface area contributed by atoms with E-state index in [0.717, 1.165) is 35.8 Å². The van der Waals surface area contributed by atoms with Crippen LogP contribution in [0.3, 0.4) is 0 Å². The Hall–Kier alpha value is -2.41. The molecule has 0 radical (unpaired) electrons. The van der Waals surface area contributed by atoms with Crippen LogP contribution in [0.25, 0.3) is 0 Å². The highest BCUT2D eigenvalue weighted by molar-refractivity contribution is 5.84. The van der Waals surface area contributed by atoms with E-state index in [-0.39, 0.29) is 5.91 Å². The molecule has 0 spiro atoms. The summed E-state index contributed by atoms with van der Waals surface area (Å²) in [5.74, 6) is 2.79. The molecule has 1 atom stereocenters. The first kappa shape index (κ1) is 18.0. The van der Waals surface area contributed by atoms with E-state index in [1.807, 2.05) is 35.8 Å². The van der Waals surface area contributed by atoms with E-state index in [9.17, 15) is 4.79 Å². The number of nitrogens with zero attached hydrogens (tertiary/aromatic N) is 3. The van der Waals surface area contributed by atoms with E-state index in [1.54, 1.807) is 7.11 Å². The molecule has 1 fully saturated rings. The Morgan fingerprint density at radius 3 is 2.74 bits per heavy atom. The van der Waals surface area contributed by atoms with Gasteiger partial charge in [0.15, 0.2) is 5.82 Å². The van der Waals surface area contributed by atoms with Gasteiger partial charge in [-0.25, -0.2) is 0 Å². The maximum Gasteiger partial charge on any atom is 0.248 e. The second-order valence-electron chi connectivity index (χ2n) is 7.59. The number of aromatic nitrogens is 3. The molecule has 2 aromatic rings. The summed E-state index contributed by atoms with van der Waals surface area (Å²) < 4.78 is 12.9. The number of nitrogens with one attached hydrogen (secondary N) is 1. The Kier molecular flexibility index (Phi) is 4.86. The number of carbonyl (C=O) groups is 1. The van der Waals surface area contributed by atoms with Gasteiger partial charge < -0.3 is 14.8 Å². The molecule has 1 amide bonds. The Balaban J connectivity index is 1.54. The molecule has 1 N–H and O–H groups in total. The number of hydrogen-bond donors (Lipinski definition) is 1. The predicted octanol–water partition coefficient (Wildman–Crippen LogP) is 2.51. The van der Waals surface area contributed by atoms with Crippen LogP contribution in [0.15, 0.2) is 24.3 Å². The molecule has 2 heterocycles. The molecular weight excluding hydrogens is 344 g/mol. The lowest BCUT2D eigenvalue weighted by molar-refractivity contribution is -0.135. The normalized spacial score (nSPS) is 22.4. The third-order valence-corrected chi connectivity index (χ3v) is 5.68. The van der Waals surface area contributed by atoms with Crippen molar-refractivity contribution in [2.75, 3.05) is 13.7 Å². The lowest BCUT2D eigenvalue weighted by atomic mass is 9.97.